The van der Waals surface area contributed by atoms with Gasteiger partial charge in [0, 0.05) is 5.92 Å². The van der Waals surface area contributed by atoms with E-state index in [0.29, 0.717) is 5.92 Å². The van der Waals surface area contributed by atoms with Crippen molar-refractivity contribution in [3.63, 3.8) is 0 Å². The number of hydrogen-bond donors (Lipinski definition) is 0. The Kier molecular flexibility index (Phi) is 1.60. The molecule has 0 nitrogen and oxygen atoms in total. The topological polar surface area (TPSA) is 0 Å². The van der Waals surface area contributed by atoms with E-state index >= 15 is 0 Å². The van der Waals surface area contributed by atoms with Gasteiger partial charge in [0.05, 0.1) is 0 Å². The van der Waals surface area contributed by atoms with Gasteiger partial charge in [-0.05, 0) is 27.8 Å². The molecule has 0 saturated heterocycles. The second-order valence-electron chi connectivity index (χ2n) is 4.08. The van der Waals surface area contributed by atoms with Gasteiger partial charge in [-0.3, -0.25) is 0 Å². The van der Waals surface area contributed by atoms with Crippen LogP contribution in [0.15, 0.2) is 55.2 Å². The highest BCUT2D eigenvalue weighted by atomic mass is 14.3. The van der Waals surface area contributed by atoms with Crippen LogP contribution in [0.5, 0.6) is 0 Å². The molecular formula is C15H12. The van der Waals surface area contributed by atoms with Gasteiger partial charge in [-0.15, -0.1) is 0 Å². The van der Waals surface area contributed by atoms with Crippen LogP contribution in [0.25, 0.3) is 11.6 Å². The van der Waals surface area contributed by atoms with Crippen LogP contribution in [-0.4, -0.2) is 0 Å². The number of rotatable bonds is 0. The van der Waals surface area contributed by atoms with Gasteiger partial charge in [0.25, 0.3) is 0 Å². The van der Waals surface area contributed by atoms with Crippen LogP contribution < -0.4 is 0 Å². The molecule has 2 aliphatic rings. The lowest BCUT2D eigenvalue weighted by Crippen LogP contribution is -2.10. The van der Waals surface area contributed by atoms with Crippen molar-refractivity contribution >= 4 is 11.6 Å². The average molecular weight is 192 g/mol. The lowest BCUT2D eigenvalue weighted by molar-refractivity contribution is 0.999. The second kappa shape index (κ2) is 2.83. The molecular weight excluding hydrogens is 180 g/mol. The minimum atomic E-state index is 0.353. The molecule has 0 N–H and O–H groups in total. The Morgan fingerprint density at radius 1 is 1.00 bits per heavy atom. The Hall–Kier alpha value is -1.82. The summed E-state index contributed by atoms with van der Waals surface area (Å²) in [6.45, 7) is 8.17. The van der Waals surface area contributed by atoms with Crippen molar-refractivity contribution in [2.45, 2.75) is 5.92 Å². The van der Waals surface area contributed by atoms with E-state index < -0.39 is 0 Å². The molecule has 0 radical (unpaired) electrons. The quantitative estimate of drug-likeness (QED) is 0.584. The summed E-state index contributed by atoms with van der Waals surface area (Å²) < 4.78 is 0. The lowest BCUT2D eigenvalue weighted by atomic mass is 9.76. The molecule has 0 bridgehead atoms. The summed E-state index contributed by atoms with van der Waals surface area (Å²) >= 11 is 0. The highest BCUT2D eigenvalue weighted by molar-refractivity contribution is 5.83. The number of benzene rings is 1. The summed E-state index contributed by atoms with van der Waals surface area (Å²) in [5.41, 5.74) is 6.21. The van der Waals surface area contributed by atoms with Crippen molar-refractivity contribution in [1.82, 2.24) is 0 Å². The van der Waals surface area contributed by atoms with E-state index in [1.807, 2.05) is 0 Å². The first-order valence-corrected chi connectivity index (χ1v) is 5.14. The zero-order chi connectivity index (χ0) is 10.4. The maximum absolute atomic E-state index is 4.10. The fraction of sp³-hybridized carbons (Fsp3) is 0.0667. The normalized spacial score (nSPS) is 21.7. The highest BCUT2D eigenvalue weighted by Gasteiger charge is 2.23. The van der Waals surface area contributed by atoms with Gasteiger partial charge in [-0.2, -0.15) is 0 Å². The highest BCUT2D eigenvalue weighted by Crippen LogP contribution is 2.41. The van der Waals surface area contributed by atoms with Crippen molar-refractivity contribution in [3.8, 4) is 0 Å². The molecule has 0 saturated carbocycles. The molecule has 1 aromatic rings. The van der Waals surface area contributed by atoms with Crippen LogP contribution >= 0.6 is 0 Å². The minimum absolute atomic E-state index is 0.353. The molecule has 15 heavy (non-hydrogen) atoms. The van der Waals surface area contributed by atoms with Crippen LogP contribution in [0.4, 0.5) is 0 Å². The first kappa shape index (κ1) is 8.49. The Morgan fingerprint density at radius 2 is 1.87 bits per heavy atom. The van der Waals surface area contributed by atoms with E-state index in [9.17, 15) is 0 Å². The predicted molar refractivity (Wildman–Crippen MR) is 65.5 cm³/mol. The van der Waals surface area contributed by atoms with E-state index in [1.165, 1.54) is 22.3 Å². The van der Waals surface area contributed by atoms with E-state index in [-0.39, 0.29) is 0 Å². The third-order valence-corrected chi connectivity index (χ3v) is 3.16. The van der Waals surface area contributed by atoms with E-state index in [1.54, 1.807) is 0 Å². The Labute approximate surface area is 89.9 Å². The molecule has 0 amide bonds. The first-order valence-electron chi connectivity index (χ1n) is 5.14. The van der Waals surface area contributed by atoms with Crippen LogP contribution in [0, 0.1) is 0 Å². The molecule has 2 aliphatic carbocycles. The standard InChI is InChI=1S/C15H12/c1-10-6-8-12-4-3-5-13-11(2)7-9-14(10)15(12)13/h3-9,14H,1-2H2. The summed E-state index contributed by atoms with van der Waals surface area (Å²) in [5.74, 6) is 0.353. The van der Waals surface area contributed by atoms with E-state index in [2.05, 4.69) is 55.7 Å². The van der Waals surface area contributed by atoms with E-state index in [4.69, 9.17) is 0 Å². The summed E-state index contributed by atoms with van der Waals surface area (Å²) in [6.07, 6.45) is 8.54. The second-order valence-corrected chi connectivity index (χ2v) is 4.08. The fourth-order valence-corrected chi connectivity index (χ4v) is 2.36. The molecule has 3 rings (SSSR count). The monoisotopic (exact) mass is 192 g/mol. The van der Waals surface area contributed by atoms with Gasteiger partial charge in [-0.25, -0.2) is 0 Å². The lowest BCUT2D eigenvalue weighted by Gasteiger charge is -2.27. The van der Waals surface area contributed by atoms with Crippen LogP contribution in [0.3, 0.4) is 0 Å². The molecule has 0 aromatic heterocycles. The molecule has 0 aliphatic heterocycles. The smallest absolute Gasteiger partial charge is 0.0279 e. The third-order valence-electron chi connectivity index (χ3n) is 3.16. The zero-order valence-electron chi connectivity index (χ0n) is 8.53. The van der Waals surface area contributed by atoms with Gasteiger partial charge in [0.2, 0.25) is 0 Å². The molecule has 0 spiro atoms. The van der Waals surface area contributed by atoms with Crippen LogP contribution in [-0.2, 0) is 0 Å². The van der Waals surface area contributed by atoms with Gasteiger partial charge in [-0.1, -0.05) is 55.7 Å². The van der Waals surface area contributed by atoms with Gasteiger partial charge in [0.1, 0.15) is 0 Å². The molecule has 0 heteroatoms. The SMILES string of the molecule is C=C1C=CC2C(=C)C=Cc3cccc1c32. The van der Waals surface area contributed by atoms with E-state index in [0.717, 1.165) is 5.57 Å². The third kappa shape index (κ3) is 1.08. The number of hydrogen-bond acceptors (Lipinski definition) is 0. The first-order chi connectivity index (χ1) is 7.27. The summed E-state index contributed by atoms with van der Waals surface area (Å²) in [4.78, 5) is 0. The summed E-state index contributed by atoms with van der Waals surface area (Å²) in [5, 5.41) is 0. The predicted octanol–water partition coefficient (Wildman–Crippen LogP) is 3.94. The Bertz CT molecular complexity index is 527. The van der Waals surface area contributed by atoms with Crippen LogP contribution in [0.2, 0.25) is 0 Å². The van der Waals surface area contributed by atoms with Crippen molar-refractivity contribution in [2.24, 2.45) is 0 Å². The fourth-order valence-electron chi connectivity index (χ4n) is 2.36. The molecule has 1 atom stereocenters. The van der Waals surface area contributed by atoms with Crippen molar-refractivity contribution < 1.29 is 0 Å². The minimum Gasteiger partial charge on any atom is -0.0949 e. The van der Waals surface area contributed by atoms with Gasteiger partial charge < -0.3 is 0 Å². The van der Waals surface area contributed by atoms with Gasteiger partial charge in [0.15, 0.2) is 0 Å². The molecule has 72 valence electrons. The maximum atomic E-state index is 4.10. The molecule has 1 unspecified atom stereocenters. The maximum Gasteiger partial charge on any atom is 0.0279 e. The Morgan fingerprint density at radius 3 is 2.73 bits per heavy atom. The summed E-state index contributed by atoms with van der Waals surface area (Å²) in [6, 6.07) is 6.39. The summed E-state index contributed by atoms with van der Waals surface area (Å²) in [7, 11) is 0. The van der Waals surface area contributed by atoms with Crippen LogP contribution in [0.1, 0.15) is 22.6 Å². The molecule has 1 aromatic carbocycles. The van der Waals surface area contributed by atoms with Crippen molar-refractivity contribution in [2.75, 3.05) is 0 Å². The zero-order valence-corrected chi connectivity index (χ0v) is 8.53. The Balaban J connectivity index is 2.37. The largest absolute Gasteiger partial charge is 0.0949 e. The van der Waals surface area contributed by atoms with Gasteiger partial charge >= 0.3 is 0 Å². The molecule has 0 fully saturated rings. The average Bonchev–Trinajstić information content (AvgIpc) is 2.26. The molecule has 0 heterocycles. The number of allylic oxidation sites excluding steroid dienone is 5. The van der Waals surface area contributed by atoms with Crippen molar-refractivity contribution in [1.29, 1.82) is 0 Å². The van der Waals surface area contributed by atoms with Crippen molar-refractivity contribution in [3.05, 3.63) is 71.8 Å².